The van der Waals surface area contributed by atoms with E-state index < -0.39 is 15.9 Å². The number of benzene rings is 1. The molecule has 1 aliphatic rings. The molecule has 0 aromatic heterocycles. The van der Waals surface area contributed by atoms with Gasteiger partial charge in [0, 0.05) is 20.2 Å². The number of hydrogen-bond acceptors (Lipinski definition) is 4. The lowest BCUT2D eigenvalue weighted by Crippen LogP contribution is -2.45. The Morgan fingerprint density at radius 3 is 2.67 bits per heavy atom. The first-order valence-corrected chi connectivity index (χ1v) is 9.93. The number of anilines is 1. The molecular formula is C15H20Cl2N2O4S. The zero-order chi connectivity index (χ0) is 17.7. The molecule has 24 heavy (non-hydrogen) atoms. The van der Waals surface area contributed by atoms with Crippen LogP contribution in [0.2, 0.25) is 10.0 Å². The molecule has 1 fully saturated rings. The topological polar surface area (TPSA) is 75.7 Å². The fourth-order valence-corrected chi connectivity index (χ4v) is 4.51. The molecule has 1 saturated heterocycles. The fraction of sp³-hybridized carbons (Fsp3) is 0.533. The van der Waals surface area contributed by atoms with E-state index in [2.05, 4.69) is 5.32 Å². The zero-order valence-corrected chi connectivity index (χ0v) is 15.6. The number of carbonyl (C=O) groups excluding carboxylic acids is 1. The van der Waals surface area contributed by atoms with Crippen LogP contribution in [0.25, 0.3) is 0 Å². The van der Waals surface area contributed by atoms with Gasteiger partial charge in [0.2, 0.25) is 15.9 Å². The number of methoxy groups -OCH3 is 1. The highest BCUT2D eigenvalue weighted by Crippen LogP contribution is 2.31. The van der Waals surface area contributed by atoms with Crippen LogP contribution >= 0.6 is 23.2 Å². The summed E-state index contributed by atoms with van der Waals surface area (Å²) in [5.41, 5.74) is 0.352. The Kier molecular flexibility index (Phi) is 6.88. The van der Waals surface area contributed by atoms with Gasteiger partial charge < -0.3 is 10.1 Å². The molecule has 0 saturated carbocycles. The Balaban J connectivity index is 2.05. The van der Waals surface area contributed by atoms with Gasteiger partial charge in [0.05, 0.1) is 34.0 Å². The number of ether oxygens (including phenoxy) is 1. The second kappa shape index (κ2) is 8.49. The van der Waals surface area contributed by atoms with Crippen molar-refractivity contribution < 1.29 is 17.9 Å². The number of nitrogens with one attached hydrogen (secondary N) is 1. The molecule has 1 aliphatic heterocycles. The Hall–Kier alpha value is -0.860. The molecule has 2 rings (SSSR count). The van der Waals surface area contributed by atoms with Crippen LogP contribution in [0.1, 0.15) is 12.8 Å². The van der Waals surface area contributed by atoms with Gasteiger partial charge in [0.15, 0.2) is 0 Å². The molecule has 1 heterocycles. The van der Waals surface area contributed by atoms with Crippen molar-refractivity contribution >= 4 is 44.8 Å². The highest BCUT2D eigenvalue weighted by Gasteiger charge is 2.32. The smallest absolute Gasteiger partial charge is 0.228 e. The van der Waals surface area contributed by atoms with E-state index in [1.165, 1.54) is 11.4 Å². The van der Waals surface area contributed by atoms with Crippen LogP contribution in [0, 0.1) is 5.92 Å². The summed E-state index contributed by atoms with van der Waals surface area (Å²) in [6, 6.07) is 4.95. The first-order valence-electron chi connectivity index (χ1n) is 7.57. The number of halogens is 2. The molecule has 1 aromatic carbocycles. The van der Waals surface area contributed by atoms with E-state index in [9.17, 15) is 13.2 Å². The Bertz CT molecular complexity index is 676. The molecule has 1 amide bonds. The number of amides is 1. The standard InChI is InChI=1S/C15H20Cl2N2O4S/c1-23-8-9-24(21,22)19-7-3-4-11(10-19)15(20)18-14-12(16)5-2-6-13(14)17/h2,5-6,11H,3-4,7-10H2,1H3,(H,18,20). The minimum Gasteiger partial charge on any atom is -0.384 e. The van der Waals surface area contributed by atoms with E-state index in [1.807, 2.05) is 0 Å². The van der Waals surface area contributed by atoms with Gasteiger partial charge in [-0.15, -0.1) is 0 Å². The largest absolute Gasteiger partial charge is 0.384 e. The summed E-state index contributed by atoms with van der Waals surface area (Å²) in [5.74, 6) is -0.811. The molecule has 6 nitrogen and oxygen atoms in total. The average molecular weight is 395 g/mol. The van der Waals surface area contributed by atoms with Gasteiger partial charge in [0.1, 0.15) is 0 Å². The molecule has 0 spiro atoms. The van der Waals surface area contributed by atoms with E-state index in [-0.39, 0.29) is 24.8 Å². The third kappa shape index (κ3) is 4.83. The number of sulfonamides is 1. The summed E-state index contributed by atoms with van der Waals surface area (Å²) in [5, 5.41) is 3.40. The van der Waals surface area contributed by atoms with E-state index in [4.69, 9.17) is 27.9 Å². The first-order chi connectivity index (χ1) is 11.3. The Morgan fingerprint density at radius 2 is 2.04 bits per heavy atom. The maximum absolute atomic E-state index is 12.5. The van der Waals surface area contributed by atoms with Crippen molar-refractivity contribution in [2.45, 2.75) is 12.8 Å². The predicted molar refractivity (Wildman–Crippen MR) is 95.1 cm³/mol. The van der Waals surface area contributed by atoms with Crippen LogP contribution in [0.5, 0.6) is 0 Å². The van der Waals surface area contributed by atoms with Crippen molar-refractivity contribution in [1.29, 1.82) is 0 Å². The van der Waals surface area contributed by atoms with Crippen molar-refractivity contribution in [3.05, 3.63) is 28.2 Å². The molecular weight excluding hydrogens is 375 g/mol. The molecule has 0 aliphatic carbocycles. The molecule has 9 heteroatoms. The maximum atomic E-state index is 12.5. The Morgan fingerprint density at radius 1 is 1.38 bits per heavy atom. The van der Waals surface area contributed by atoms with E-state index in [0.717, 1.165) is 0 Å². The fourth-order valence-electron chi connectivity index (χ4n) is 2.57. The van der Waals surface area contributed by atoms with Gasteiger partial charge in [-0.1, -0.05) is 29.3 Å². The number of nitrogens with zero attached hydrogens (tertiary/aromatic N) is 1. The maximum Gasteiger partial charge on any atom is 0.228 e. The van der Waals surface area contributed by atoms with E-state index >= 15 is 0 Å². The summed E-state index contributed by atoms with van der Waals surface area (Å²) in [4.78, 5) is 12.5. The predicted octanol–water partition coefficient (Wildman–Crippen LogP) is 2.62. The minimum atomic E-state index is -3.42. The number of piperidine rings is 1. The number of hydrogen-bond donors (Lipinski definition) is 1. The average Bonchev–Trinajstić information content (AvgIpc) is 2.56. The van der Waals surface area contributed by atoms with Crippen LogP contribution in [0.3, 0.4) is 0 Å². The monoisotopic (exact) mass is 394 g/mol. The second-order valence-electron chi connectivity index (χ2n) is 5.59. The molecule has 1 atom stereocenters. The lowest BCUT2D eigenvalue weighted by Gasteiger charge is -2.31. The number of para-hydroxylation sites is 1. The van der Waals surface area contributed by atoms with Gasteiger partial charge in [-0.25, -0.2) is 12.7 Å². The van der Waals surface area contributed by atoms with Crippen molar-refractivity contribution in [2.24, 2.45) is 5.92 Å². The van der Waals surface area contributed by atoms with Crippen LogP contribution in [-0.4, -0.2) is 51.2 Å². The third-order valence-electron chi connectivity index (χ3n) is 3.90. The molecule has 1 N–H and O–H groups in total. The van der Waals surface area contributed by atoms with Crippen LogP contribution in [0.15, 0.2) is 18.2 Å². The van der Waals surface area contributed by atoms with E-state index in [0.29, 0.717) is 35.1 Å². The van der Waals surface area contributed by atoms with Gasteiger partial charge in [-0.2, -0.15) is 0 Å². The molecule has 0 bridgehead atoms. The van der Waals surface area contributed by atoms with E-state index in [1.54, 1.807) is 18.2 Å². The van der Waals surface area contributed by atoms with Crippen molar-refractivity contribution in [2.75, 3.05) is 37.9 Å². The first kappa shape index (κ1) is 19.5. The normalized spacial score (nSPS) is 19.2. The summed E-state index contributed by atoms with van der Waals surface area (Å²) < 4.78 is 30.7. The van der Waals surface area contributed by atoms with Gasteiger partial charge in [-0.05, 0) is 25.0 Å². The Labute approximate surface area is 152 Å². The van der Waals surface area contributed by atoms with Crippen LogP contribution in [0.4, 0.5) is 5.69 Å². The van der Waals surface area contributed by atoms with Crippen molar-refractivity contribution in [1.82, 2.24) is 4.31 Å². The SMILES string of the molecule is COCCS(=O)(=O)N1CCCC(C(=O)Nc2c(Cl)cccc2Cl)C1. The highest BCUT2D eigenvalue weighted by molar-refractivity contribution is 7.89. The quantitative estimate of drug-likeness (QED) is 0.804. The lowest BCUT2D eigenvalue weighted by molar-refractivity contribution is -0.120. The summed E-state index contributed by atoms with van der Waals surface area (Å²) in [6.45, 7) is 0.702. The van der Waals surface area contributed by atoms with Crippen molar-refractivity contribution in [3.63, 3.8) is 0 Å². The summed E-state index contributed by atoms with van der Waals surface area (Å²) in [7, 11) is -1.97. The van der Waals surface area contributed by atoms with Gasteiger partial charge in [-0.3, -0.25) is 4.79 Å². The lowest BCUT2D eigenvalue weighted by atomic mass is 9.98. The summed E-state index contributed by atoms with van der Waals surface area (Å²) in [6.07, 6.45) is 1.24. The summed E-state index contributed by atoms with van der Waals surface area (Å²) >= 11 is 12.1. The van der Waals surface area contributed by atoms with Crippen molar-refractivity contribution in [3.8, 4) is 0 Å². The highest BCUT2D eigenvalue weighted by atomic mass is 35.5. The number of rotatable bonds is 6. The van der Waals surface area contributed by atoms with Crippen LogP contribution in [-0.2, 0) is 19.6 Å². The number of carbonyl (C=O) groups is 1. The molecule has 1 aromatic rings. The van der Waals surface area contributed by atoms with Crippen LogP contribution < -0.4 is 5.32 Å². The second-order valence-corrected chi connectivity index (χ2v) is 8.49. The molecule has 1 unspecified atom stereocenters. The molecule has 134 valence electrons. The van der Waals surface area contributed by atoms with Gasteiger partial charge in [0.25, 0.3) is 0 Å². The third-order valence-corrected chi connectivity index (χ3v) is 6.34. The molecule has 0 radical (unpaired) electrons. The minimum absolute atomic E-state index is 0.0891. The van der Waals surface area contributed by atoms with Gasteiger partial charge >= 0.3 is 0 Å². The zero-order valence-electron chi connectivity index (χ0n) is 13.3.